The van der Waals surface area contributed by atoms with Gasteiger partial charge in [-0.05, 0) is 70.0 Å². The van der Waals surface area contributed by atoms with E-state index in [1.807, 2.05) is 47.8 Å². The summed E-state index contributed by atoms with van der Waals surface area (Å²) in [6, 6.07) is 10.1. The smallest absolute Gasteiger partial charge is 0.253 e. The Balaban J connectivity index is 0.00000243. The lowest BCUT2D eigenvalue weighted by Gasteiger charge is -2.32. The van der Waals surface area contributed by atoms with Crippen molar-refractivity contribution in [2.75, 3.05) is 26.7 Å². The second-order valence-corrected chi connectivity index (χ2v) is 7.07. The highest BCUT2D eigenvalue weighted by molar-refractivity contribution is 5.94. The molecule has 3 rings (SSSR count). The van der Waals surface area contributed by atoms with E-state index >= 15 is 0 Å². The van der Waals surface area contributed by atoms with Gasteiger partial charge in [-0.3, -0.25) is 9.48 Å². The first-order valence-electron chi connectivity index (χ1n) is 9.10. The minimum Gasteiger partial charge on any atom is -0.339 e. The largest absolute Gasteiger partial charge is 0.339 e. The lowest BCUT2D eigenvalue weighted by atomic mass is 9.96. The van der Waals surface area contributed by atoms with Gasteiger partial charge in [0, 0.05) is 24.3 Å². The molecule has 0 spiro atoms. The van der Waals surface area contributed by atoms with Crippen LogP contribution in [0.15, 0.2) is 30.3 Å². The lowest BCUT2D eigenvalue weighted by Crippen LogP contribution is -2.40. The molecule has 0 atom stereocenters. The van der Waals surface area contributed by atoms with Gasteiger partial charge in [0.1, 0.15) is 0 Å². The molecule has 5 nitrogen and oxygen atoms in total. The molecule has 1 fully saturated rings. The summed E-state index contributed by atoms with van der Waals surface area (Å²) in [7, 11) is 1.99. The summed E-state index contributed by atoms with van der Waals surface area (Å²) < 4.78 is 2.00. The van der Waals surface area contributed by atoms with Crippen molar-refractivity contribution in [1.82, 2.24) is 20.0 Å². The number of amides is 1. The average Bonchev–Trinajstić information content (AvgIpc) is 2.93. The molecule has 0 radical (unpaired) electrons. The Hall–Kier alpha value is -1.85. The summed E-state index contributed by atoms with van der Waals surface area (Å²) in [4.78, 5) is 14.7. The molecule has 142 valence electrons. The van der Waals surface area contributed by atoms with E-state index in [0.717, 1.165) is 61.5 Å². The third-order valence-corrected chi connectivity index (χ3v) is 5.03. The number of hydrogen-bond donors (Lipinski definition) is 1. The number of nitrogens with zero attached hydrogens (tertiary/aromatic N) is 3. The molecule has 1 saturated heterocycles. The van der Waals surface area contributed by atoms with Crippen molar-refractivity contribution in [3.63, 3.8) is 0 Å². The van der Waals surface area contributed by atoms with Crippen LogP contribution in [0.4, 0.5) is 0 Å². The molecule has 2 heterocycles. The Labute approximate surface area is 162 Å². The number of aromatic nitrogens is 2. The number of carbonyl (C=O) groups excluding carboxylic acids is 1. The van der Waals surface area contributed by atoms with E-state index in [0.29, 0.717) is 5.92 Å². The van der Waals surface area contributed by atoms with Crippen molar-refractivity contribution in [3.8, 4) is 0 Å². The number of carbonyl (C=O) groups is 1. The van der Waals surface area contributed by atoms with Gasteiger partial charge in [-0.2, -0.15) is 5.10 Å². The fraction of sp³-hybridized carbons (Fsp3) is 0.500. The van der Waals surface area contributed by atoms with Gasteiger partial charge in [-0.1, -0.05) is 12.1 Å². The van der Waals surface area contributed by atoms with Crippen LogP contribution in [0.1, 0.15) is 40.2 Å². The quantitative estimate of drug-likeness (QED) is 0.872. The molecule has 1 aromatic carbocycles. The van der Waals surface area contributed by atoms with Crippen molar-refractivity contribution < 1.29 is 4.79 Å². The van der Waals surface area contributed by atoms with Gasteiger partial charge in [0.15, 0.2) is 0 Å². The fourth-order valence-electron chi connectivity index (χ4n) is 3.57. The van der Waals surface area contributed by atoms with Crippen LogP contribution < -0.4 is 5.32 Å². The Morgan fingerprint density at radius 2 is 1.85 bits per heavy atom. The van der Waals surface area contributed by atoms with Gasteiger partial charge in [0.05, 0.1) is 12.2 Å². The van der Waals surface area contributed by atoms with Crippen LogP contribution in [0.5, 0.6) is 0 Å². The molecule has 1 amide bonds. The number of piperidine rings is 1. The van der Waals surface area contributed by atoms with Crippen molar-refractivity contribution >= 4 is 18.3 Å². The summed E-state index contributed by atoms with van der Waals surface area (Å²) in [6.07, 6.45) is 2.17. The van der Waals surface area contributed by atoms with E-state index in [9.17, 15) is 4.79 Å². The summed E-state index contributed by atoms with van der Waals surface area (Å²) in [5, 5.41) is 7.73. The van der Waals surface area contributed by atoms with Crippen molar-refractivity contribution in [2.45, 2.75) is 33.2 Å². The van der Waals surface area contributed by atoms with Gasteiger partial charge < -0.3 is 10.2 Å². The van der Waals surface area contributed by atoms with E-state index in [1.54, 1.807) is 0 Å². The Morgan fingerprint density at radius 3 is 2.38 bits per heavy atom. The van der Waals surface area contributed by atoms with Gasteiger partial charge in [-0.15, -0.1) is 12.4 Å². The minimum absolute atomic E-state index is 0. The van der Waals surface area contributed by atoms with Crippen LogP contribution in [0.25, 0.3) is 0 Å². The maximum atomic E-state index is 12.7. The standard InChI is InChI=1S/C20H28N4O.ClH/c1-15-12-16(2)24(22-15)14-18-4-6-19(7-5-18)20(25)23-10-8-17(9-11-23)13-21-3;/h4-7,12,17,21H,8-11,13-14H2,1-3H3;1H. The van der Waals surface area contributed by atoms with E-state index in [1.165, 1.54) is 0 Å². The maximum absolute atomic E-state index is 12.7. The third kappa shape index (κ3) is 4.86. The Kier molecular flexibility index (Phi) is 7.23. The molecule has 0 saturated carbocycles. The van der Waals surface area contributed by atoms with Crippen LogP contribution in [0, 0.1) is 19.8 Å². The molecule has 1 aliphatic rings. The molecule has 2 aromatic rings. The first kappa shape index (κ1) is 20.5. The molecule has 0 bridgehead atoms. The predicted molar refractivity (Wildman–Crippen MR) is 107 cm³/mol. The highest BCUT2D eigenvalue weighted by atomic mass is 35.5. The first-order chi connectivity index (χ1) is 12.1. The van der Waals surface area contributed by atoms with Gasteiger partial charge in [0.25, 0.3) is 5.91 Å². The minimum atomic E-state index is 0. The van der Waals surface area contributed by atoms with Crippen LogP contribution >= 0.6 is 12.4 Å². The summed E-state index contributed by atoms with van der Waals surface area (Å²) in [6.45, 7) is 7.57. The second-order valence-electron chi connectivity index (χ2n) is 7.07. The van der Waals surface area contributed by atoms with Crippen LogP contribution in [-0.4, -0.2) is 47.3 Å². The fourth-order valence-corrected chi connectivity index (χ4v) is 3.57. The highest BCUT2D eigenvalue weighted by Gasteiger charge is 2.23. The Morgan fingerprint density at radius 1 is 1.19 bits per heavy atom. The summed E-state index contributed by atoms with van der Waals surface area (Å²) >= 11 is 0. The van der Waals surface area contributed by atoms with E-state index in [2.05, 4.69) is 23.4 Å². The van der Waals surface area contributed by atoms with Crippen molar-refractivity contribution in [3.05, 3.63) is 52.8 Å². The number of halogens is 1. The normalized spacial score (nSPS) is 15.0. The molecule has 0 aliphatic carbocycles. The number of hydrogen-bond acceptors (Lipinski definition) is 3. The summed E-state index contributed by atoms with van der Waals surface area (Å²) in [5.41, 5.74) is 4.13. The van der Waals surface area contributed by atoms with Gasteiger partial charge >= 0.3 is 0 Å². The monoisotopic (exact) mass is 376 g/mol. The van der Waals surface area contributed by atoms with E-state index < -0.39 is 0 Å². The van der Waals surface area contributed by atoms with Gasteiger partial charge in [-0.25, -0.2) is 0 Å². The SMILES string of the molecule is CNCC1CCN(C(=O)c2ccc(Cn3nc(C)cc3C)cc2)CC1.Cl. The summed E-state index contributed by atoms with van der Waals surface area (Å²) in [5.74, 6) is 0.845. The zero-order valence-electron chi connectivity index (χ0n) is 15.9. The van der Waals surface area contributed by atoms with Crippen LogP contribution in [0.3, 0.4) is 0 Å². The number of aryl methyl sites for hydroxylation is 2. The van der Waals surface area contributed by atoms with Crippen molar-refractivity contribution in [1.29, 1.82) is 0 Å². The number of nitrogens with one attached hydrogen (secondary N) is 1. The van der Waals surface area contributed by atoms with Crippen LogP contribution in [0.2, 0.25) is 0 Å². The predicted octanol–water partition coefficient (Wildman–Crippen LogP) is 3.04. The number of likely N-dealkylation sites (tertiary alicyclic amines) is 1. The van der Waals surface area contributed by atoms with Crippen molar-refractivity contribution in [2.24, 2.45) is 5.92 Å². The maximum Gasteiger partial charge on any atom is 0.253 e. The molecular weight excluding hydrogens is 348 g/mol. The topological polar surface area (TPSA) is 50.2 Å². The van der Waals surface area contributed by atoms with Crippen LogP contribution in [-0.2, 0) is 6.54 Å². The number of rotatable bonds is 5. The molecular formula is C20H29ClN4O. The first-order valence-corrected chi connectivity index (χ1v) is 9.10. The lowest BCUT2D eigenvalue weighted by molar-refractivity contribution is 0.0691. The zero-order chi connectivity index (χ0) is 17.8. The van der Waals surface area contributed by atoms with E-state index in [-0.39, 0.29) is 18.3 Å². The number of benzene rings is 1. The molecule has 26 heavy (non-hydrogen) atoms. The average molecular weight is 377 g/mol. The molecule has 1 N–H and O–H groups in total. The third-order valence-electron chi connectivity index (χ3n) is 5.03. The molecule has 1 aliphatic heterocycles. The molecule has 1 aromatic heterocycles. The molecule has 6 heteroatoms. The second kappa shape index (κ2) is 9.19. The highest BCUT2D eigenvalue weighted by Crippen LogP contribution is 2.19. The zero-order valence-corrected chi connectivity index (χ0v) is 16.7. The van der Waals surface area contributed by atoms with E-state index in [4.69, 9.17) is 0 Å². The molecule has 0 unspecified atom stereocenters. The Bertz CT molecular complexity index is 718. The van der Waals surface area contributed by atoms with Gasteiger partial charge in [0.2, 0.25) is 0 Å².